The van der Waals surface area contributed by atoms with E-state index in [-0.39, 0.29) is 17.8 Å². The summed E-state index contributed by atoms with van der Waals surface area (Å²) in [6.45, 7) is 0.264. The predicted octanol–water partition coefficient (Wildman–Crippen LogP) is 2.97. The first-order valence-corrected chi connectivity index (χ1v) is 7.93. The van der Waals surface area contributed by atoms with E-state index in [9.17, 15) is 22.8 Å². The Bertz CT molecular complexity index is 827. The summed E-state index contributed by atoms with van der Waals surface area (Å²) >= 11 is 0. The largest absolute Gasteiger partial charge is 0.344 e. The number of hydrogen-bond acceptors (Lipinski definition) is 3. The van der Waals surface area contributed by atoms with Crippen LogP contribution in [0.25, 0.3) is 0 Å². The normalized spacial score (nSPS) is 19.9. The number of hydrogen-bond donors (Lipinski definition) is 1. The Hall–Kier alpha value is -2.90. The van der Waals surface area contributed by atoms with Gasteiger partial charge < -0.3 is 10.2 Å². The molecule has 0 saturated carbocycles. The Morgan fingerprint density at radius 3 is 2.58 bits per heavy atom. The number of benzene rings is 1. The Morgan fingerprint density at radius 1 is 1.27 bits per heavy atom. The van der Waals surface area contributed by atoms with E-state index in [1.165, 1.54) is 47.5 Å². The van der Waals surface area contributed by atoms with Gasteiger partial charge in [0.05, 0.1) is 5.69 Å². The minimum absolute atomic E-state index is 0.119. The molecule has 3 rings (SSSR count). The molecular weight excluding hydrogens is 347 g/mol. The van der Waals surface area contributed by atoms with Crippen molar-refractivity contribution >= 4 is 17.5 Å². The maximum atomic E-state index is 13.7. The van der Waals surface area contributed by atoms with Gasteiger partial charge in [0.1, 0.15) is 5.92 Å². The monoisotopic (exact) mass is 363 g/mol. The van der Waals surface area contributed by atoms with Gasteiger partial charge in [-0.25, -0.2) is 13.8 Å². The summed E-state index contributed by atoms with van der Waals surface area (Å²) in [6, 6.07) is 8.34. The SMILES string of the molecule is CN1C[C@H](c2ccc(C(F)F)cc2)[C@@H](C(=O)Nc2cccnc2F)C1=O. The molecule has 0 aliphatic carbocycles. The molecule has 1 fully saturated rings. The molecule has 1 aromatic heterocycles. The first-order chi connectivity index (χ1) is 12.4. The summed E-state index contributed by atoms with van der Waals surface area (Å²) in [6.07, 6.45) is -1.35. The molecule has 0 spiro atoms. The van der Waals surface area contributed by atoms with E-state index >= 15 is 0 Å². The molecule has 1 N–H and O–H groups in total. The van der Waals surface area contributed by atoms with Crippen LogP contribution in [0, 0.1) is 11.9 Å². The van der Waals surface area contributed by atoms with Crippen LogP contribution in [-0.4, -0.2) is 35.3 Å². The topological polar surface area (TPSA) is 62.3 Å². The zero-order chi connectivity index (χ0) is 18.8. The average molecular weight is 363 g/mol. The molecule has 0 bridgehead atoms. The number of likely N-dealkylation sites (N-methyl/N-ethyl adjacent to an activating group) is 1. The van der Waals surface area contributed by atoms with Crippen LogP contribution in [0.3, 0.4) is 0 Å². The molecule has 0 radical (unpaired) electrons. The molecule has 2 atom stereocenters. The molecule has 0 unspecified atom stereocenters. The fourth-order valence-corrected chi connectivity index (χ4v) is 3.07. The first-order valence-electron chi connectivity index (χ1n) is 7.93. The van der Waals surface area contributed by atoms with E-state index in [1.807, 2.05) is 0 Å². The van der Waals surface area contributed by atoms with Crippen molar-refractivity contribution < 1.29 is 22.8 Å². The summed E-state index contributed by atoms with van der Waals surface area (Å²) < 4.78 is 39.1. The summed E-state index contributed by atoms with van der Waals surface area (Å²) in [7, 11) is 1.56. The summed E-state index contributed by atoms with van der Waals surface area (Å²) in [4.78, 5) is 29.9. The van der Waals surface area contributed by atoms with Crippen molar-refractivity contribution in [2.24, 2.45) is 5.92 Å². The highest BCUT2D eigenvalue weighted by molar-refractivity contribution is 6.08. The highest BCUT2D eigenvalue weighted by Crippen LogP contribution is 2.34. The quantitative estimate of drug-likeness (QED) is 0.671. The highest BCUT2D eigenvalue weighted by atomic mass is 19.3. The van der Waals surface area contributed by atoms with Crippen LogP contribution in [0.15, 0.2) is 42.6 Å². The second kappa shape index (κ2) is 7.15. The first kappa shape index (κ1) is 17.9. The van der Waals surface area contributed by atoms with E-state index < -0.39 is 36.0 Å². The third kappa shape index (κ3) is 3.40. The van der Waals surface area contributed by atoms with E-state index in [4.69, 9.17) is 0 Å². The fourth-order valence-electron chi connectivity index (χ4n) is 3.07. The number of aromatic nitrogens is 1. The third-order valence-electron chi connectivity index (χ3n) is 4.43. The van der Waals surface area contributed by atoms with Crippen LogP contribution >= 0.6 is 0 Å². The lowest BCUT2D eigenvalue weighted by molar-refractivity contribution is -0.135. The zero-order valence-corrected chi connectivity index (χ0v) is 13.8. The zero-order valence-electron chi connectivity index (χ0n) is 13.8. The minimum Gasteiger partial charge on any atom is -0.344 e. The molecule has 136 valence electrons. The number of carbonyl (C=O) groups excluding carboxylic acids is 2. The van der Waals surface area contributed by atoms with Crippen LogP contribution < -0.4 is 5.32 Å². The average Bonchev–Trinajstić information content (AvgIpc) is 2.92. The lowest BCUT2D eigenvalue weighted by atomic mass is 9.87. The molecule has 8 heteroatoms. The Kier molecular flexibility index (Phi) is 4.92. The van der Waals surface area contributed by atoms with Crippen LogP contribution in [-0.2, 0) is 9.59 Å². The van der Waals surface area contributed by atoms with Gasteiger partial charge in [0.15, 0.2) is 0 Å². The Labute approximate surface area is 147 Å². The van der Waals surface area contributed by atoms with Crippen molar-refractivity contribution in [3.63, 3.8) is 0 Å². The van der Waals surface area contributed by atoms with Gasteiger partial charge in [-0.1, -0.05) is 24.3 Å². The molecule has 1 saturated heterocycles. The van der Waals surface area contributed by atoms with E-state index in [0.717, 1.165) is 0 Å². The van der Waals surface area contributed by atoms with Gasteiger partial charge in [0.2, 0.25) is 17.8 Å². The molecule has 1 aliphatic heterocycles. The number of alkyl halides is 2. The van der Waals surface area contributed by atoms with Crippen LogP contribution in [0.4, 0.5) is 18.9 Å². The van der Waals surface area contributed by atoms with E-state index in [2.05, 4.69) is 10.3 Å². The number of pyridine rings is 1. The molecule has 1 aromatic carbocycles. The Balaban J connectivity index is 1.86. The van der Waals surface area contributed by atoms with Crippen molar-refractivity contribution in [3.8, 4) is 0 Å². The van der Waals surface area contributed by atoms with Gasteiger partial charge >= 0.3 is 0 Å². The smallest absolute Gasteiger partial charge is 0.263 e. The molecule has 2 heterocycles. The third-order valence-corrected chi connectivity index (χ3v) is 4.43. The maximum absolute atomic E-state index is 13.7. The molecule has 5 nitrogen and oxygen atoms in total. The summed E-state index contributed by atoms with van der Waals surface area (Å²) in [5, 5.41) is 2.39. The fraction of sp³-hybridized carbons (Fsp3) is 0.278. The Morgan fingerprint density at radius 2 is 1.96 bits per heavy atom. The molecule has 2 amide bonds. The van der Waals surface area contributed by atoms with Crippen LogP contribution in [0.5, 0.6) is 0 Å². The van der Waals surface area contributed by atoms with Crippen molar-refractivity contribution in [3.05, 3.63) is 59.7 Å². The van der Waals surface area contributed by atoms with Gasteiger partial charge in [-0.2, -0.15) is 4.39 Å². The second-order valence-electron chi connectivity index (χ2n) is 6.10. The van der Waals surface area contributed by atoms with E-state index in [1.54, 1.807) is 7.05 Å². The summed E-state index contributed by atoms with van der Waals surface area (Å²) in [5.74, 6) is -3.50. The number of rotatable bonds is 4. The number of nitrogens with one attached hydrogen (secondary N) is 1. The number of anilines is 1. The molecule has 2 aromatic rings. The highest BCUT2D eigenvalue weighted by Gasteiger charge is 2.44. The number of likely N-dealkylation sites (tertiary alicyclic amines) is 1. The van der Waals surface area contributed by atoms with Gasteiger partial charge in [-0.15, -0.1) is 0 Å². The van der Waals surface area contributed by atoms with Gasteiger partial charge in [-0.3, -0.25) is 9.59 Å². The van der Waals surface area contributed by atoms with Gasteiger partial charge in [0, 0.05) is 31.3 Å². The predicted molar refractivity (Wildman–Crippen MR) is 88.1 cm³/mol. The lowest BCUT2D eigenvalue weighted by Crippen LogP contribution is -2.33. The summed E-state index contributed by atoms with van der Waals surface area (Å²) in [5.41, 5.74) is 0.343. The number of nitrogens with zero attached hydrogens (tertiary/aromatic N) is 2. The van der Waals surface area contributed by atoms with Gasteiger partial charge in [0.25, 0.3) is 6.43 Å². The lowest BCUT2D eigenvalue weighted by Gasteiger charge is -2.17. The van der Waals surface area contributed by atoms with E-state index in [0.29, 0.717) is 5.56 Å². The standard InChI is InChI=1S/C18H16F3N3O2/c1-24-9-12(10-4-6-11(7-5-10)15(19)20)14(18(24)26)17(25)23-13-3-2-8-22-16(13)21/h2-8,12,14-15H,9H2,1H3,(H,23,25)/t12-,14+/m1/s1. The number of amides is 2. The number of halogens is 3. The van der Waals surface area contributed by atoms with Crippen molar-refractivity contribution in [1.82, 2.24) is 9.88 Å². The van der Waals surface area contributed by atoms with Crippen molar-refractivity contribution in [2.45, 2.75) is 12.3 Å². The van der Waals surface area contributed by atoms with Crippen molar-refractivity contribution in [2.75, 3.05) is 18.9 Å². The minimum atomic E-state index is -2.59. The van der Waals surface area contributed by atoms with Crippen LogP contribution in [0.1, 0.15) is 23.5 Å². The maximum Gasteiger partial charge on any atom is 0.263 e. The molecule has 1 aliphatic rings. The van der Waals surface area contributed by atoms with Crippen molar-refractivity contribution in [1.29, 1.82) is 0 Å². The second-order valence-corrected chi connectivity index (χ2v) is 6.10. The molecule has 26 heavy (non-hydrogen) atoms. The molecular formula is C18H16F3N3O2. The van der Waals surface area contributed by atoms with Gasteiger partial charge in [-0.05, 0) is 17.7 Å². The van der Waals surface area contributed by atoms with Crippen LogP contribution in [0.2, 0.25) is 0 Å². The number of carbonyl (C=O) groups is 2.